The average molecular weight is 235 g/mol. The number of hydrogen-bond donors (Lipinski definition) is 1. The number of nitrogens with two attached hydrogens (primary N) is 1. The van der Waals surface area contributed by atoms with Crippen molar-refractivity contribution >= 4 is 5.97 Å². The predicted molar refractivity (Wildman–Crippen MR) is 68.4 cm³/mol. The van der Waals surface area contributed by atoms with Gasteiger partial charge in [-0.2, -0.15) is 0 Å². The fraction of sp³-hybridized carbons (Fsp3) is 0.500. The molecule has 0 aliphatic carbocycles. The first-order chi connectivity index (χ1) is 7.88. The van der Waals surface area contributed by atoms with Crippen LogP contribution in [0.15, 0.2) is 30.3 Å². The van der Waals surface area contributed by atoms with Crippen molar-refractivity contribution in [1.82, 2.24) is 0 Å². The van der Waals surface area contributed by atoms with E-state index in [1.54, 1.807) is 0 Å². The van der Waals surface area contributed by atoms with Crippen LogP contribution in [-0.4, -0.2) is 11.6 Å². The van der Waals surface area contributed by atoms with Crippen LogP contribution in [0.4, 0.5) is 0 Å². The Bertz CT molecular complexity index is 354. The summed E-state index contributed by atoms with van der Waals surface area (Å²) in [5.41, 5.74) is 6.63. The van der Waals surface area contributed by atoms with E-state index >= 15 is 0 Å². The van der Waals surface area contributed by atoms with Gasteiger partial charge in [0, 0.05) is 12.5 Å². The molecule has 0 aliphatic rings. The van der Waals surface area contributed by atoms with Crippen LogP contribution in [0.2, 0.25) is 0 Å². The summed E-state index contributed by atoms with van der Waals surface area (Å²) < 4.78 is 5.23. The summed E-state index contributed by atoms with van der Waals surface area (Å²) in [5.74, 6) is -0.191. The maximum absolute atomic E-state index is 11.5. The van der Waals surface area contributed by atoms with Crippen LogP contribution in [-0.2, 0) is 9.53 Å². The van der Waals surface area contributed by atoms with Crippen LogP contribution in [0.3, 0.4) is 0 Å². The highest BCUT2D eigenvalue weighted by atomic mass is 16.6. The van der Waals surface area contributed by atoms with Crippen LogP contribution in [0.1, 0.15) is 45.2 Å². The van der Waals surface area contributed by atoms with E-state index in [4.69, 9.17) is 10.5 Å². The summed E-state index contributed by atoms with van der Waals surface area (Å²) in [7, 11) is 0. The minimum atomic E-state index is -0.423. The van der Waals surface area contributed by atoms with Gasteiger partial charge in [0.05, 0.1) is 0 Å². The zero-order chi connectivity index (χ0) is 12.9. The molecule has 17 heavy (non-hydrogen) atoms. The third-order valence-corrected chi connectivity index (χ3v) is 2.31. The molecule has 1 aromatic carbocycles. The Hall–Kier alpha value is -1.35. The summed E-state index contributed by atoms with van der Waals surface area (Å²) in [6, 6.07) is 9.68. The molecule has 0 bridgehead atoms. The van der Waals surface area contributed by atoms with Gasteiger partial charge < -0.3 is 10.5 Å². The van der Waals surface area contributed by atoms with Crippen LogP contribution >= 0.6 is 0 Å². The smallest absolute Gasteiger partial charge is 0.306 e. The third kappa shape index (κ3) is 5.50. The second-order valence-corrected chi connectivity index (χ2v) is 5.14. The van der Waals surface area contributed by atoms with Gasteiger partial charge in [-0.15, -0.1) is 0 Å². The van der Waals surface area contributed by atoms with E-state index in [1.807, 2.05) is 51.1 Å². The number of carbonyl (C=O) groups is 1. The third-order valence-electron chi connectivity index (χ3n) is 2.31. The van der Waals surface area contributed by atoms with Crippen LogP contribution < -0.4 is 5.73 Å². The summed E-state index contributed by atoms with van der Waals surface area (Å²) in [6.45, 7) is 5.59. The zero-order valence-corrected chi connectivity index (χ0v) is 10.8. The fourth-order valence-electron chi connectivity index (χ4n) is 1.53. The molecule has 0 spiro atoms. The highest BCUT2D eigenvalue weighted by Crippen LogP contribution is 2.17. The first kappa shape index (κ1) is 13.7. The molecule has 1 atom stereocenters. The Balaban J connectivity index is 2.39. The van der Waals surface area contributed by atoms with Crippen LogP contribution in [0.25, 0.3) is 0 Å². The molecular weight excluding hydrogens is 214 g/mol. The second kappa shape index (κ2) is 5.82. The van der Waals surface area contributed by atoms with Crippen LogP contribution in [0.5, 0.6) is 0 Å². The first-order valence-electron chi connectivity index (χ1n) is 5.91. The number of rotatable bonds is 4. The number of ether oxygens (including phenoxy) is 1. The normalized spacial score (nSPS) is 13.2. The van der Waals surface area contributed by atoms with Gasteiger partial charge in [0.25, 0.3) is 0 Å². The lowest BCUT2D eigenvalue weighted by atomic mass is 10.0. The molecule has 3 heteroatoms. The predicted octanol–water partition coefficient (Wildman–Crippen LogP) is 2.81. The Morgan fingerprint density at radius 1 is 1.29 bits per heavy atom. The monoisotopic (exact) mass is 235 g/mol. The molecule has 0 saturated heterocycles. The van der Waals surface area contributed by atoms with E-state index in [0.717, 1.165) is 5.56 Å². The SMILES string of the molecule is CC(C)(C)OC(=O)CCC(N)c1ccccc1. The van der Waals surface area contributed by atoms with Gasteiger partial charge in [0.2, 0.25) is 0 Å². The van der Waals surface area contributed by atoms with Crippen molar-refractivity contribution in [2.24, 2.45) is 5.73 Å². The van der Waals surface area contributed by atoms with Gasteiger partial charge in [0.15, 0.2) is 0 Å². The average Bonchev–Trinajstić information content (AvgIpc) is 2.25. The van der Waals surface area contributed by atoms with E-state index in [9.17, 15) is 4.79 Å². The Kier molecular flexibility index (Phi) is 4.70. The molecule has 0 amide bonds. The van der Waals surface area contributed by atoms with Crippen molar-refractivity contribution in [2.45, 2.75) is 45.3 Å². The zero-order valence-electron chi connectivity index (χ0n) is 10.8. The number of benzene rings is 1. The van der Waals surface area contributed by atoms with Crippen LogP contribution in [0, 0.1) is 0 Å². The summed E-state index contributed by atoms with van der Waals surface area (Å²) >= 11 is 0. The lowest BCUT2D eigenvalue weighted by Gasteiger charge is -2.20. The van der Waals surface area contributed by atoms with Gasteiger partial charge >= 0.3 is 5.97 Å². The second-order valence-electron chi connectivity index (χ2n) is 5.14. The van der Waals surface area contributed by atoms with Crippen molar-refractivity contribution in [3.63, 3.8) is 0 Å². The van der Waals surface area contributed by atoms with Crippen molar-refractivity contribution in [2.75, 3.05) is 0 Å². The molecule has 0 aliphatic heterocycles. The minimum Gasteiger partial charge on any atom is -0.460 e. The Morgan fingerprint density at radius 3 is 2.41 bits per heavy atom. The first-order valence-corrected chi connectivity index (χ1v) is 5.91. The van der Waals surface area contributed by atoms with E-state index in [2.05, 4.69) is 0 Å². The molecule has 0 radical (unpaired) electrons. The molecular formula is C14H21NO2. The van der Waals surface area contributed by atoms with E-state index in [0.29, 0.717) is 12.8 Å². The summed E-state index contributed by atoms with van der Waals surface area (Å²) in [5, 5.41) is 0. The Labute approximate surface area is 103 Å². The summed E-state index contributed by atoms with van der Waals surface area (Å²) in [4.78, 5) is 11.5. The molecule has 3 nitrogen and oxygen atoms in total. The molecule has 1 unspecified atom stereocenters. The van der Waals surface area contributed by atoms with Crippen molar-refractivity contribution in [1.29, 1.82) is 0 Å². The standard InChI is InChI=1S/C14H21NO2/c1-14(2,3)17-13(16)10-9-12(15)11-7-5-4-6-8-11/h4-8,12H,9-10,15H2,1-3H3. The highest BCUT2D eigenvalue weighted by Gasteiger charge is 2.17. The lowest BCUT2D eigenvalue weighted by Crippen LogP contribution is -2.24. The number of hydrogen-bond acceptors (Lipinski definition) is 3. The molecule has 0 saturated carbocycles. The molecule has 0 heterocycles. The van der Waals surface area contributed by atoms with Crippen molar-refractivity contribution in [3.8, 4) is 0 Å². The maximum atomic E-state index is 11.5. The molecule has 2 N–H and O–H groups in total. The molecule has 0 fully saturated rings. The quantitative estimate of drug-likeness (QED) is 0.816. The van der Waals surface area contributed by atoms with Gasteiger partial charge in [-0.25, -0.2) is 0 Å². The van der Waals surface area contributed by atoms with Crippen molar-refractivity contribution in [3.05, 3.63) is 35.9 Å². The topological polar surface area (TPSA) is 52.3 Å². The lowest BCUT2D eigenvalue weighted by molar-refractivity contribution is -0.155. The van der Waals surface area contributed by atoms with Crippen molar-refractivity contribution < 1.29 is 9.53 Å². The minimum absolute atomic E-state index is 0.108. The van der Waals surface area contributed by atoms with E-state index in [1.165, 1.54) is 0 Å². The largest absolute Gasteiger partial charge is 0.460 e. The van der Waals surface area contributed by atoms with E-state index in [-0.39, 0.29) is 12.0 Å². The molecule has 0 aromatic heterocycles. The highest BCUT2D eigenvalue weighted by molar-refractivity contribution is 5.69. The Morgan fingerprint density at radius 2 is 1.88 bits per heavy atom. The fourth-order valence-corrected chi connectivity index (χ4v) is 1.53. The molecule has 94 valence electrons. The van der Waals surface area contributed by atoms with Gasteiger partial charge in [0.1, 0.15) is 5.60 Å². The number of esters is 1. The molecule has 1 rings (SSSR count). The van der Waals surface area contributed by atoms with E-state index < -0.39 is 5.60 Å². The summed E-state index contributed by atoms with van der Waals surface area (Å²) in [6.07, 6.45) is 0.965. The molecule has 1 aromatic rings. The number of carbonyl (C=O) groups excluding carboxylic acids is 1. The van der Waals surface area contributed by atoms with Gasteiger partial charge in [-0.1, -0.05) is 30.3 Å². The maximum Gasteiger partial charge on any atom is 0.306 e. The van der Waals surface area contributed by atoms with Gasteiger partial charge in [-0.3, -0.25) is 4.79 Å². The van der Waals surface area contributed by atoms with Gasteiger partial charge in [-0.05, 0) is 32.8 Å².